The molecule has 0 unspecified atom stereocenters. The maximum Gasteiger partial charge on any atom is 0.390 e. The molecule has 7 heteroatoms. The molecule has 0 aliphatic carbocycles. The van der Waals surface area contributed by atoms with Crippen molar-refractivity contribution in [1.29, 1.82) is 0 Å². The molecule has 0 aromatic heterocycles. The van der Waals surface area contributed by atoms with Gasteiger partial charge in [-0.05, 0) is 18.7 Å². The summed E-state index contributed by atoms with van der Waals surface area (Å²) in [6, 6.07) is 7.16. The van der Waals surface area contributed by atoms with Crippen molar-refractivity contribution in [3.63, 3.8) is 0 Å². The van der Waals surface area contributed by atoms with Crippen LogP contribution in [0, 0.1) is 0 Å². The van der Waals surface area contributed by atoms with Gasteiger partial charge in [-0.25, -0.2) is 0 Å². The summed E-state index contributed by atoms with van der Waals surface area (Å²) < 4.78 is 36.2. The molecule has 0 saturated heterocycles. The number of hydrogen-bond donors (Lipinski definition) is 2. The molecule has 3 N–H and O–H groups in total. The molecule has 1 aromatic rings. The van der Waals surface area contributed by atoms with E-state index in [1.54, 1.807) is 19.2 Å². The third-order valence-electron chi connectivity index (χ3n) is 3.01. The Morgan fingerprint density at radius 1 is 1.29 bits per heavy atom. The van der Waals surface area contributed by atoms with E-state index < -0.39 is 12.6 Å². The van der Waals surface area contributed by atoms with Crippen molar-refractivity contribution in [2.75, 3.05) is 25.5 Å². The lowest BCUT2D eigenvalue weighted by Crippen LogP contribution is -2.28. The second-order valence-electron chi connectivity index (χ2n) is 4.83. The third kappa shape index (κ3) is 7.10. The zero-order valence-corrected chi connectivity index (χ0v) is 11.9. The van der Waals surface area contributed by atoms with E-state index in [1.807, 2.05) is 12.1 Å². The molecule has 0 saturated carbocycles. The van der Waals surface area contributed by atoms with Gasteiger partial charge in [0.05, 0.1) is 6.42 Å². The number of anilines is 1. The van der Waals surface area contributed by atoms with E-state index in [0.717, 1.165) is 5.56 Å². The molecule has 1 amide bonds. The van der Waals surface area contributed by atoms with E-state index in [-0.39, 0.29) is 25.4 Å². The number of para-hydroxylation sites is 1. The van der Waals surface area contributed by atoms with E-state index >= 15 is 0 Å². The van der Waals surface area contributed by atoms with Gasteiger partial charge in [-0.1, -0.05) is 18.2 Å². The molecular weight excluding hydrogens is 283 g/mol. The largest absolute Gasteiger partial charge is 0.390 e. The van der Waals surface area contributed by atoms with E-state index in [1.165, 1.54) is 4.90 Å². The predicted octanol–water partition coefficient (Wildman–Crippen LogP) is 2.36. The standard InChI is InChI=1S/C14H20F3N3O/c1-20(9-7-14(15,16)17)8-6-13(21)19-12-5-3-2-4-11(12)10-18/h2-5H,6-10,18H2,1H3,(H,19,21). The summed E-state index contributed by atoms with van der Waals surface area (Å²) >= 11 is 0. The Kier molecular flexibility index (Phi) is 6.64. The van der Waals surface area contributed by atoms with Gasteiger partial charge < -0.3 is 16.0 Å². The van der Waals surface area contributed by atoms with Crippen molar-refractivity contribution >= 4 is 11.6 Å². The van der Waals surface area contributed by atoms with Crippen LogP contribution in [0.3, 0.4) is 0 Å². The Labute approximate surface area is 122 Å². The number of nitrogens with one attached hydrogen (secondary N) is 1. The minimum Gasteiger partial charge on any atom is -0.326 e. The SMILES string of the molecule is CN(CCC(=O)Nc1ccccc1CN)CCC(F)(F)F. The number of rotatable bonds is 7. The number of amides is 1. The van der Waals surface area contributed by atoms with Crippen LogP contribution in [0.15, 0.2) is 24.3 Å². The maximum atomic E-state index is 12.1. The lowest BCUT2D eigenvalue weighted by atomic mass is 10.1. The summed E-state index contributed by atoms with van der Waals surface area (Å²) in [5.41, 5.74) is 7.02. The molecule has 4 nitrogen and oxygen atoms in total. The average Bonchev–Trinajstić information content (AvgIpc) is 2.42. The molecule has 0 aliphatic rings. The monoisotopic (exact) mass is 303 g/mol. The fourth-order valence-electron chi connectivity index (χ4n) is 1.75. The van der Waals surface area contributed by atoms with Gasteiger partial charge >= 0.3 is 6.18 Å². The molecule has 1 rings (SSSR count). The van der Waals surface area contributed by atoms with Crippen LogP contribution in [0.2, 0.25) is 0 Å². The molecule has 0 spiro atoms. The normalized spacial score (nSPS) is 11.7. The highest BCUT2D eigenvalue weighted by molar-refractivity contribution is 5.91. The van der Waals surface area contributed by atoms with Gasteiger partial charge in [0.1, 0.15) is 0 Å². The van der Waals surface area contributed by atoms with E-state index in [0.29, 0.717) is 12.2 Å². The van der Waals surface area contributed by atoms with Gasteiger partial charge in [0.15, 0.2) is 0 Å². The summed E-state index contributed by atoms with van der Waals surface area (Å²) in [5.74, 6) is -0.241. The third-order valence-corrected chi connectivity index (χ3v) is 3.01. The number of alkyl halides is 3. The molecular formula is C14H20F3N3O. The van der Waals surface area contributed by atoms with Crippen LogP contribution in [0.25, 0.3) is 0 Å². The molecule has 0 aliphatic heterocycles. The second kappa shape index (κ2) is 7.99. The minimum atomic E-state index is -4.17. The predicted molar refractivity (Wildman–Crippen MR) is 75.7 cm³/mol. The quantitative estimate of drug-likeness (QED) is 0.813. The first-order valence-electron chi connectivity index (χ1n) is 6.65. The first-order valence-corrected chi connectivity index (χ1v) is 6.65. The van der Waals surface area contributed by atoms with E-state index in [9.17, 15) is 18.0 Å². The van der Waals surface area contributed by atoms with E-state index in [2.05, 4.69) is 5.32 Å². The van der Waals surface area contributed by atoms with Crippen molar-refractivity contribution in [3.8, 4) is 0 Å². The molecule has 0 atom stereocenters. The topological polar surface area (TPSA) is 58.4 Å². The van der Waals surface area contributed by atoms with Crippen molar-refractivity contribution in [1.82, 2.24) is 4.90 Å². The molecule has 118 valence electrons. The van der Waals surface area contributed by atoms with Crippen LogP contribution < -0.4 is 11.1 Å². The molecule has 1 aromatic carbocycles. The Hall–Kier alpha value is -1.60. The lowest BCUT2D eigenvalue weighted by molar-refractivity contribution is -0.137. The van der Waals surface area contributed by atoms with Crippen LogP contribution in [0.4, 0.5) is 18.9 Å². The van der Waals surface area contributed by atoms with Crippen LogP contribution in [0.1, 0.15) is 18.4 Å². The summed E-state index contributed by atoms with van der Waals surface area (Å²) in [5, 5.41) is 2.72. The lowest BCUT2D eigenvalue weighted by Gasteiger charge is -2.17. The molecule has 0 radical (unpaired) electrons. The Bertz CT molecular complexity index is 463. The maximum absolute atomic E-state index is 12.1. The Balaban J connectivity index is 2.37. The number of halogens is 3. The second-order valence-corrected chi connectivity index (χ2v) is 4.83. The number of carbonyl (C=O) groups excluding carboxylic acids is 1. The fourth-order valence-corrected chi connectivity index (χ4v) is 1.75. The Morgan fingerprint density at radius 2 is 1.95 bits per heavy atom. The van der Waals surface area contributed by atoms with Crippen LogP contribution >= 0.6 is 0 Å². The van der Waals surface area contributed by atoms with Crippen LogP contribution in [0.5, 0.6) is 0 Å². The van der Waals surface area contributed by atoms with Gasteiger partial charge in [0.25, 0.3) is 0 Å². The molecule has 0 fully saturated rings. The smallest absolute Gasteiger partial charge is 0.326 e. The average molecular weight is 303 g/mol. The van der Waals surface area contributed by atoms with Crippen LogP contribution in [-0.4, -0.2) is 37.1 Å². The first-order chi connectivity index (χ1) is 9.81. The first kappa shape index (κ1) is 17.5. The number of carbonyl (C=O) groups is 1. The zero-order valence-electron chi connectivity index (χ0n) is 11.9. The molecule has 21 heavy (non-hydrogen) atoms. The number of nitrogens with zero attached hydrogens (tertiary/aromatic N) is 1. The van der Waals surface area contributed by atoms with Crippen molar-refractivity contribution < 1.29 is 18.0 Å². The van der Waals surface area contributed by atoms with E-state index in [4.69, 9.17) is 5.73 Å². The number of benzene rings is 1. The summed E-state index contributed by atoms with van der Waals surface area (Å²) in [7, 11) is 1.56. The van der Waals surface area contributed by atoms with Gasteiger partial charge in [0, 0.05) is 31.7 Å². The minimum absolute atomic E-state index is 0.115. The van der Waals surface area contributed by atoms with Gasteiger partial charge in [-0.2, -0.15) is 13.2 Å². The van der Waals surface area contributed by atoms with Gasteiger partial charge in [-0.3, -0.25) is 4.79 Å². The zero-order chi connectivity index (χ0) is 15.9. The highest BCUT2D eigenvalue weighted by Crippen LogP contribution is 2.19. The molecule has 0 bridgehead atoms. The van der Waals surface area contributed by atoms with Crippen LogP contribution in [-0.2, 0) is 11.3 Å². The fraction of sp³-hybridized carbons (Fsp3) is 0.500. The van der Waals surface area contributed by atoms with Gasteiger partial charge in [0.2, 0.25) is 5.91 Å². The number of nitrogens with two attached hydrogens (primary N) is 1. The van der Waals surface area contributed by atoms with Crippen molar-refractivity contribution in [2.24, 2.45) is 5.73 Å². The summed E-state index contributed by atoms with van der Waals surface area (Å²) in [6.07, 6.45) is -4.91. The molecule has 0 heterocycles. The highest BCUT2D eigenvalue weighted by atomic mass is 19.4. The Morgan fingerprint density at radius 3 is 2.57 bits per heavy atom. The van der Waals surface area contributed by atoms with Crippen molar-refractivity contribution in [3.05, 3.63) is 29.8 Å². The van der Waals surface area contributed by atoms with Gasteiger partial charge in [-0.15, -0.1) is 0 Å². The highest BCUT2D eigenvalue weighted by Gasteiger charge is 2.27. The summed E-state index contributed by atoms with van der Waals surface area (Å²) in [6.45, 7) is 0.463. The number of hydrogen-bond acceptors (Lipinski definition) is 3. The summed E-state index contributed by atoms with van der Waals surface area (Å²) in [4.78, 5) is 13.3. The van der Waals surface area contributed by atoms with Crippen molar-refractivity contribution in [2.45, 2.75) is 25.6 Å².